The lowest BCUT2D eigenvalue weighted by Gasteiger charge is -2.25. The number of ether oxygens (including phenoxy) is 1. The number of carbonyl (C=O) groups is 1. The van der Waals surface area contributed by atoms with Gasteiger partial charge in [0.25, 0.3) is 0 Å². The second-order valence-electron chi connectivity index (χ2n) is 5.38. The topological polar surface area (TPSA) is 41.6 Å². The van der Waals surface area contributed by atoms with E-state index in [1.807, 2.05) is 45.0 Å². The number of nitrogens with one attached hydrogen (secondary N) is 1. The molecule has 0 fully saturated rings. The summed E-state index contributed by atoms with van der Waals surface area (Å²) < 4.78 is 5.09. The van der Waals surface area contributed by atoms with Crippen molar-refractivity contribution in [3.8, 4) is 5.75 Å². The predicted octanol–water partition coefficient (Wildman–Crippen LogP) is 2.64. The fourth-order valence-corrected chi connectivity index (χ4v) is 1.49. The van der Waals surface area contributed by atoms with Crippen molar-refractivity contribution < 1.29 is 9.53 Å². The molecule has 0 bridgehead atoms. The first-order valence-corrected chi connectivity index (χ1v) is 5.98. The number of methoxy groups -OCH3 is 1. The van der Waals surface area contributed by atoms with E-state index >= 15 is 0 Å². The van der Waals surface area contributed by atoms with Crippen molar-refractivity contribution in [3.63, 3.8) is 0 Å². The van der Waals surface area contributed by atoms with Crippen molar-refractivity contribution in [2.45, 2.75) is 32.9 Å². The van der Waals surface area contributed by atoms with E-state index in [2.05, 4.69) is 5.32 Å². The number of urea groups is 1. The summed E-state index contributed by atoms with van der Waals surface area (Å²) in [6.07, 6.45) is 0. The quantitative estimate of drug-likeness (QED) is 0.896. The van der Waals surface area contributed by atoms with Crippen LogP contribution in [0.5, 0.6) is 5.75 Å². The first kappa shape index (κ1) is 14.4. The zero-order valence-electron chi connectivity index (χ0n) is 11.8. The van der Waals surface area contributed by atoms with Crippen LogP contribution in [0.1, 0.15) is 26.3 Å². The molecule has 0 saturated carbocycles. The summed E-state index contributed by atoms with van der Waals surface area (Å²) in [5, 5.41) is 2.92. The number of carbonyl (C=O) groups excluding carboxylic acids is 1. The van der Waals surface area contributed by atoms with Gasteiger partial charge in [-0.3, -0.25) is 0 Å². The summed E-state index contributed by atoms with van der Waals surface area (Å²) in [7, 11) is 3.42. The van der Waals surface area contributed by atoms with Crippen LogP contribution in [0, 0.1) is 0 Å². The zero-order chi connectivity index (χ0) is 13.8. The van der Waals surface area contributed by atoms with Crippen LogP contribution in [0.3, 0.4) is 0 Å². The Balaban J connectivity index is 2.58. The molecular formula is C14H22N2O2. The van der Waals surface area contributed by atoms with E-state index in [1.165, 1.54) is 0 Å². The van der Waals surface area contributed by atoms with Gasteiger partial charge in [0.1, 0.15) is 5.75 Å². The molecule has 2 amide bonds. The van der Waals surface area contributed by atoms with Gasteiger partial charge in [-0.05, 0) is 38.5 Å². The largest absolute Gasteiger partial charge is 0.497 e. The molecule has 0 aliphatic rings. The highest BCUT2D eigenvalue weighted by Gasteiger charge is 2.16. The van der Waals surface area contributed by atoms with Gasteiger partial charge in [0.2, 0.25) is 0 Å². The molecule has 1 aromatic carbocycles. The maximum atomic E-state index is 11.9. The molecule has 0 saturated heterocycles. The maximum Gasteiger partial charge on any atom is 0.317 e. The van der Waals surface area contributed by atoms with Crippen LogP contribution in [-0.2, 0) is 6.54 Å². The van der Waals surface area contributed by atoms with Crippen molar-refractivity contribution >= 4 is 6.03 Å². The lowest BCUT2D eigenvalue weighted by Crippen LogP contribution is -2.46. The highest BCUT2D eigenvalue weighted by molar-refractivity contribution is 5.74. The van der Waals surface area contributed by atoms with Gasteiger partial charge in [0, 0.05) is 19.1 Å². The lowest BCUT2D eigenvalue weighted by atomic mass is 10.1. The summed E-state index contributed by atoms with van der Waals surface area (Å²) in [5.41, 5.74) is 0.855. The summed E-state index contributed by atoms with van der Waals surface area (Å²) in [6.45, 7) is 6.47. The molecule has 100 valence electrons. The van der Waals surface area contributed by atoms with Gasteiger partial charge in [0.15, 0.2) is 0 Å². The molecule has 1 rings (SSSR count). The molecule has 0 aliphatic carbocycles. The van der Waals surface area contributed by atoms with Crippen molar-refractivity contribution in [2.24, 2.45) is 0 Å². The van der Waals surface area contributed by atoms with E-state index in [4.69, 9.17) is 4.74 Å². The van der Waals surface area contributed by atoms with Gasteiger partial charge in [-0.1, -0.05) is 12.1 Å². The van der Waals surface area contributed by atoms with E-state index in [-0.39, 0.29) is 11.6 Å². The smallest absolute Gasteiger partial charge is 0.317 e. The molecule has 18 heavy (non-hydrogen) atoms. The zero-order valence-corrected chi connectivity index (χ0v) is 11.8. The Morgan fingerprint density at radius 2 is 1.83 bits per heavy atom. The Bertz CT molecular complexity index is 393. The predicted molar refractivity (Wildman–Crippen MR) is 72.7 cm³/mol. The number of rotatable bonds is 3. The molecule has 0 aromatic heterocycles. The summed E-state index contributed by atoms with van der Waals surface area (Å²) in [5.74, 6) is 0.820. The van der Waals surface area contributed by atoms with E-state index in [9.17, 15) is 4.79 Å². The first-order chi connectivity index (χ1) is 8.31. The molecule has 0 unspecified atom stereocenters. The van der Waals surface area contributed by atoms with Gasteiger partial charge < -0.3 is 15.0 Å². The van der Waals surface area contributed by atoms with Crippen molar-refractivity contribution in [1.29, 1.82) is 0 Å². The Labute approximate surface area is 109 Å². The van der Waals surface area contributed by atoms with Crippen LogP contribution in [0.15, 0.2) is 24.3 Å². The van der Waals surface area contributed by atoms with Gasteiger partial charge in [-0.25, -0.2) is 4.79 Å². The summed E-state index contributed by atoms with van der Waals surface area (Å²) in [4.78, 5) is 13.5. The minimum Gasteiger partial charge on any atom is -0.497 e. The minimum absolute atomic E-state index is 0.0710. The normalized spacial score (nSPS) is 10.9. The molecule has 0 atom stereocenters. The van der Waals surface area contributed by atoms with Crippen molar-refractivity contribution in [3.05, 3.63) is 29.8 Å². The summed E-state index contributed by atoms with van der Waals surface area (Å²) >= 11 is 0. The highest BCUT2D eigenvalue weighted by Crippen LogP contribution is 2.12. The van der Waals surface area contributed by atoms with Crippen LogP contribution in [0.4, 0.5) is 4.79 Å². The third-order valence-corrected chi connectivity index (χ3v) is 2.41. The molecule has 0 aliphatic heterocycles. The van der Waals surface area contributed by atoms with Crippen LogP contribution < -0.4 is 10.1 Å². The average Bonchev–Trinajstić information content (AvgIpc) is 2.27. The molecule has 0 heterocycles. The Kier molecular flexibility index (Phi) is 4.59. The fraction of sp³-hybridized carbons (Fsp3) is 0.500. The van der Waals surface area contributed by atoms with Crippen molar-refractivity contribution in [2.75, 3.05) is 14.2 Å². The first-order valence-electron chi connectivity index (χ1n) is 5.98. The third-order valence-electron chi connectivity index (χ3n) is 2.41. The number of benzene rings is 1. The van der Waals surface area contributed by atoms with E-state index < -0.39 is 0 Å². The monoisotopic (exact) mass is 250 g/mol. The number of hydrogen-bond acceptors (Lipinski definition) is 2. The minimum atomic E-state index is -0.217. The Morgan fingerprint density at radius 3 is 2.28 bits per heavy atom. The highest BCUT2D eigenvalue weighted by atomic mass is 16.5. The van der Waals surface area contributed by atoms with Crippen LogP contribution >= 0.6 is 0 Å². The molecule has 1 N–H and O–H groups in total. The van der Waals surface area contributed by atoms with E-state index in [1.54, 1.807) is 19.1 Å². The molecular weight excluding hydrogens is 228 g/mol. The van der Waals surface area contributed by atoms with Gasteiger partial charge in [0.05, 0.1) is 7.11 Å². The Hall–Kier alpha value is -1.71. The van der Waals surface area contributed by atoms with Crippen LogP contribution in [0.2, 0.25) is 0 Å². The van der Waals surface area contributed by atoms with Gasteiger partial charge >= 0.3 is 6.03 Å². The molecule has 1 aromatic rings. The second kappa shape index (κ2) is 5.76. The molecule has 4 nitrogen and oxygen atoms in total. The lowest BCUT2D eigenvalue weighted by molar-refractivity contribution is 0.197. The SMILES string of the molecule is COc1ccc(CN(C)C(=O)NC(C)(C)C)cc1. The average molecular weight is 250 g/mol. The fourth-order valence-electron chi connectivity index (χ4n) is 1.49. The second-order valence-corrected chi connectivity index (χ2v) is 5.38. The third kappa shape index (κ3) is 4.65. The van der Waals surface area contributed by atoms with Crippen molar-refractivity contribution in [1.82, 2.24) is 10.2 Å². The molecule has 4 heteroatoms. The van der Waals surface area contributed by atoms with E-state index in [0.717, 1.165) is 11.3 Å². The molecule has 0 radical (unpaired) electrons. The van der Waals surface area contributed by atoms with Crippen LogP contribution in [-0.4, -0.2) is 30.6 Å². The van der Waals surface area contributed by atoms with E-state index in [0.29, 0.717) is 6.54 Å². The van der Waals surface area contributed by atoms with Gasteiger partial charge in [-0.2, -0.15) is 0 Å². The Morgan fingerprint density at radius 1 is 1.28 bits per heavy atom. The molecule has 0 spiro atoms. The van der Waals surface area contributed by atoms with Crippen LogP contribution in [0.25, 0.3) is 0 Å². The number of nitrogens with zero attached hydrogens (tertiary/aromatic N) is 1. The van der Waals surface area contributed by atoms with Gasteiger partial charge in [-0.15, -0.1) is 0 Å². The standard InChI is InChI=1S/C14H22N2O2/c1-14(2,3)15-13(17)16(4)10-11-6-8-12(18-5)9-7-11/h6-9H,10H2,1-5H3,(H,15,17). The number of amides is 2. The number of hydrogen-bond donors (Lipinski definition) is 1. The summed E-state index contributed by atoms with van der Waals surface area (Å²) in [6, 6.07) is 7.63. The maximum absolute atomic E-state index is 11.9.